The first-order valence-electron chi connectivity index (χ1n) is 7.49. The van der Waals surface area contributed by atoms with E-state index in [9.17, 15) is 4.79 Å². The second-order valence-electron chi connectivity index (χ2n) is 6.47. The summed E-state index contributed by atoms with van der Waals surface area (Å²) in [5.74, 6) is 0.484. The molecule has 0 unspecified atom stereocenters. The van der Waals surface area contributed by atoms with Crippen LogP contribution in [0, 0.1) is 0 Å². The Hall–Kier alpha value is -1.36. The van der Waals surface area contributed by atoms with Gasteiger partial charge in [0.05, 0.1) is 0 Å². The molecule has 1 saturated heterocycles. The molecule has 112 valence electrons. The van der Waals surface area contributed by atoms with Crippen LogP contribution in [0.5, 0.6) is 0 Å². The van der Waals surface area contributed by atoms with E-state index in [1.807, 2.05) is 20.8 Å². The number of nitrogens with one attached hydrogen (secondary N) is 1. The van der Waals surface area contributed by atoms with Crippen LogP contribution in [0.2, 0.25) is 0 Å². The molecule has 1 aliphatic heterocycles. The molecule has 0 radical (unpaired) electrons. The zero-order valence-electron chi connectivity index (χ0n) is 13.0. The Morgan fingerprint density at radius 2 is 2.00 bits per heavy atom. The van der Waals surface area contributed by atoms with Crippen molar-refractivity contribution in [2.45, 2.75) is 52.1 Å². The minimum Gasteiger partial charge on any atom is -0.363 e. The summed E-state index contributed by atoms with van der Waals surface area (Å²) in [5.41, 5.74) is -0.250. The fourth-order valence-corrected chi connectivity index (χ4v) is 2.63. The first kappa shape index (κ1) is 15.0. The number of nitrogens with zero attached hydrogens (tertiary/aromatic N) is 3. The molecule has 0 atom stereocenters. The average Bonchev–Trinajstić information content (AvgIpc) is 2.40. The van der Waals surface area contributed by atoms with Gasteiger partial charge in [-0.2, -0.15) is 0 Å². The van der Waals surface area contributed by atoms with E-state index >= 15 is 0 Å². The van der Waals surface area contributed by atoms with Crippen LogP contribution in [0.15, 0.2) is 17.2 Å². The van der Waals surface area contributed by atoms with Crippen LogP contribution in [-0.2, 0) is 5.54 Å². The maximum atomic E-state index is 12.4. The summed E-state index contributed by atoms with van der Waals surface area (Å²) >= 11 is 0. The largest absolute Gasteiger partial charge is 0.363 e. The summed E-state index contributed by atoms with van der Waals surface area (Å²) < 4.78 is 1.74. The van der Waals surface area contributed by atoms with Crippen molar-refractivity contribution in [3.05, 3.63) is 22.7 Å². The van der Waals surface area contributed by atoms with Gasteiger partial charge in [-0.15, -0.1) is 0 Å². The lowest BCUT2D eigenvalue weighted by Crippen LogP contribution is -2.41. The Morgan fingerprint density at radius 3 is 2.55 bits per heavy atom. The first-order chi connectivity index (χ1) is 9.41. The Balaban J connectivity index is 2.09. The number of hydrogen-bond acceptors (Lipinski definition) is 4. The molecule has 0 aliphatic carbocycles. The molecule has 0 spiro atoms. The summed E-state index contributed by atoms with van der Waals surface area (Å²) in [6.45, 7) is 11.6. The number of anilines is 1. The Kier molecular flexibility index (Phi) is 4.48. The minimum atomic E-state index is -0.220. The lowest BCUT2D eigenvalue weighted by atomic mass is 10.1. The van der Waals surface area contributed by atoms with E-state index in [2.05, 4.69) is 22.1 Å². The molecular weight excluding hydrogens is 252 g/mol. The van der Waals surface area contributed by atoms with E-state index < -0.39 is 0 Å². The third kappa shape index (κ3) is 3.39. The zero-order valence-corrected chi connectivity index (χ0v) is 13.0. The fourth-order valence-electron chi connectivity index (χ4n) is 2.63. The summed E-state index contributed by atoms with van der Waals surface area (Å²) in [7, 11) is 0. The van der Waals surface area contributed by atoms with E-state index in [0.717, 1.165) is 32.5 Å². The Morgan fingerprint density at radius 1 is 1.35 bits per heavy atom. The van der Waals surface area contributed by atoms with Crippen molar-refractivity contribution < 1.29 is 0 Å². The van der Waals surface area contributed by atoms with Gasteiger partial charge in [-0.1, -0.05) is 6.92 Å². The van der Waals surface area contributed by atoms with E-state index in [-0.39, 0.29) is 11.1 Å². The summed E-state index contributed by atoms with van der Waals surface area (Å²) in [6, 6.07) is 0.355. The van der Waals surface area contributed by atoms with Gasteiger partial charge < -0.3 is 14.8 Å². The molecule has 1 aromatic heterocycles. The highest BCUT2D eigenvalue weighted by Gasteiger charge is 2.21. The number of piperidine rings is 1. The highest BCUT2D eigenvalue weighted by molar-refractivity contribution is 5.32. The van der Waals surface area contributed by atoms with Gasteiger partial charge in [0.15, 0.2) is 5.82 Å². The van der Waals surface area contributed by atoms with Crippen LogP contribution in [-0.4, -0.2) is 40.1 Å². The molecule has 1 fully saturated rings. The topological polar surface area (TPSA) is 50.2 Å². The van der Waals surface area contributed by atoms with Crippen LogP contribution < -0.4 is 10.9 Å². The standard InChI is InChI=1S/C15H26N4O/c1-5-18-9-6-12(7-10-18)17-13-14(20)19(11-8-16-13)15(2,3)4/h8,11-12H,5-7,9-10H2,1-4H3,(H,16,17). The summed E-state index contributed by atoms with van der Waals surface area (Å²) in [5, 5.41) is 3.34. The molecule has 5 nitrogen and oxygen atoms in total. The molecule has 5 heteroatoms. The third-order valence-electron chi connectivity index (χ3n) is 3.94. The molecule has 1 aliphatic rings. The lowest BCUT2D eigenvalue weighted by Gasteiger charge is -2.31. The van der Waals surface area contributed by atoms with Gasteiger partial charge in [-0.05, 0) is 40.2 Å². The quantitative estimate of drug-likeness (QED) is 0.917. The van der Waals surface area contributed by atoms with Crippen LogP contribution in [0.25, 0.3) is 0 Å². The van der Waals surface area contributed by atoms with Gasteiger partial charge in [0.25, 0.3) is 5.56 Å². The first-order valence-corrected chi connectivity index (χ1v) is 7.49. The average molecular weight is 278 g/mol. The smallest absolute Gasteiger partial charge is 0.293 e. The van der Waals surface area contributed by atoms with Crippen LogP contribution in [0.3, 0.4) is 0 Å². The van der Waals surface area contributed by atoms with Gasteiger partial charge in [0, 0.05) is 37.1 Å². The predicted octanol–water partition coefficient (Wildman–Crippen LogP) is 1.89. The molecule has 0 saturated carbocycles. The zero-order chi connectivity index (χ0) is 14.8. The van der Waals surface area contributed by atoms with Gasteiger partial charge in [0.2, 0.25) is 0 Å². The molecule has 0 bridgehead atoms. The molecular formula is C15H26N4O. The Labute approximate surface area is 121 Å². The summed E-state index contributed by atoms with van der Waals surface area (Å²) in [4.78, 5) is 19.1. The lowest BCUT2D eigenvalue weighted by molar-refractivity contribution is 0.229. The maximum absolute atomic E-state index is 12.4. The van der Waals surface area contributed by atoms with Crippen molar-refractivity contribution in [1.29, 1.82) is 0 Å². The normalized spacial score (nSPS) is 18.2. The molecule has 1 N–H and O–H groups in total. The van der Waals surface area contributed by atoms with E-state index in [1.165, 1.54) is 0 Å². The third-order valence-corrected chi connectivity index (χ3v) is 3.94. The van der Waals surface area contributed by atoms with E-state index in [4.69, 9.17) is 0 Å². The molecule has 20 heavy (non-hydrogen) atoms. The highest BCUT2D eigenvalue weighted by Crippen LogP contribution is 2.15. The van der Waals surface area contributed by atoms with Gasteiger partial charge >= 0.3 is 0 Å². The number of aromatic nitrogens is 2. The second kappa shape index (κ2) is 5.95. The Bertz CT molecular complexity index is 495. The molecule has 0 amide bonds. The number of likely N-dealkylation sites (tertiary alicyclic amines) is 1. The predicted molar refractivity (Wildman–Crippen MR) is 82.3 cm³/mol. The van der Waals surface area contributed by atoms with Crippen molar-refractivity contribution in [2.75, 3.05) is 25.0 Å². The van der Waals surface area contributed by atoms with Crippen molar-refractivity contribution in [1.82, 2.24) is 14.5 Å². The van der Waals surface area contributed by atoms with Gasteiger partial charge in [0.1, 0.15) is 0 Å². The van der Waals surface area contributed by atoms with E-state index in [0.29, 0.717) is 11.9 Å². The molecule has 1 aromatic rings. The SMILES string of the molecule is CCN1CCC(Nc2nccn(C(C)(C)C)c2=O)CC1. The van der Waals surface area contributed by atoms with Crippen LogP contribution in [0.4, 0.5) is 5.82 Å². The van der Waals surface area contributed by atoms with Gasteiger partial charge in [-0.3, -0.25) is 4.79 Å². The molecule has 0 aromatic carbocycles. The monoisotopic (exact) mass is 278 g/mol. The molecule has 2 rings (SSSR count). The van der Waals surface area contributed by atoms with Crippen LogP contribution in [0.1, 0.15) is 40.5 Å². The van der Waals surface area contributed by atoms with Crippen LogP contribution >= 0.6 is 0 Å². The van der Waals surface area contributed by atoms with E-state index in [1.54, 1.807) is 17.0 Å². The van der Waals surface area contributed by atoms with Gasteiger partial charge in [-0.25, -0.2) is 4.98 Å². The maximum Gasteiger partial charge on any atom is 0.293 e. The highest BCUT2D eigenvalue weighted by atomic mass is 16.1. The molecule has 2 heterocycles. The minimum absolute atomic E-state index is 0.0297. The fraction of sp³-hybridized carbons (Fsp3) is 0.733. The van der Waals surface area contributed by atoms with Crippen molar-refractivity contribution >= 4 is 5.82 Å². The second-order valence-corrected chi connectivity index (χ2v) is 6.47. The van der Waals surface area contributed by atoms with Crippen molar-refractivity contribution in [2.24, 2.45) is 0 Å². The van der Waals surface area contributed by atoms with Crippen molar-refractivity contribution in [3.63, 3.8) is 0 Å². The number of rotatable bonds is 3. The summed E-state index contributed by atoms with van der Waals surface area (Å²) in [6.07, 6.45) is 5.60. The van der Waals surface area contributed by atoms with Crippen molar-refractivity contribution in [3.8, 4) is 0 Å². The number of hydrogen-bond donors (Lipinski definition) is 1.